The Morgan fingerprint density at radius 1 is 1.18 bits per heavy atom. The third-order valence-corrected chi connectivity index (χ3v) is 6.41. The predicted molar refractivity (Wildman–Crippen MR) is 125 cm³/mol. The molecule has 2 saturated carbocycles. The minimum Gasteiger partial charge on any atom is -0.379 e. The summed E-state index contributed by atoms with van der Waals surface area (Å²) in [5.74, 6) is 1.06. The number of carbonyl (C=O) groups excluding carboxylic acids is 1. The maximum absolute atomic E-state index is 12.6. The van der Waals surface area contributed by atoms with Crippen LogP contribution in [-0.2, 0) is 11.3 Å². The summed E-state index contributed by atoms with van der Waals surface area (Å²) in [6.45, 7) is 0.579. The predicted octanol–water partition coefficient (Wildman–Crippen LogP) is 4.40. The summed E-state index contributed by atoms with van der Waals surface area (Å²) < 4.78 is 2.10. The van der Waals surface area contributed by atoms with Crippen molar-refractivity contribution < 1.29 is 4.79 Å². The zero-order valence-electron chi connectivity index (χ0n) is 17.8. The number of nitrogens with zero attached hydrogens (tertiary/aromatic N) is 5. The molecule has 0 aromatic carbocycles. The number of aromatic nitrogens is 5. The topological polar surface area (TPSA) is 97.1 Å². The highest BCUT2D eigenvalue weighted by Gasteiger charge is 2.45. The first-order chi connectivity index (χ1) is 16.1. The van der Waals surface area contributed by atoms with E-state index in [1.807, 2.05) is 12.1 Å². The third-order valence-electron chi connectivity index (χ3n) is 6.20. The monoisotopic (exact) mass is 459 g/mol. The molecular formula is C24H22ClN7O. The molecule has 1 amide bonds. The van der Waals surface area contributed by atoms with Crippen molar-refractivity contribution >= 4 is 34.7 Å². The lowest BCUT2D eigenvalue weighted by molar-refractivity contribution is -0.117. The van der Waals surface area contributed by atoms with Gasteiger partial charge >= 0.3 is 0 Å². The fourth-order valence-corrected chi connectivity index (χ4v) is 4.33. The van der Waals surface area contributed by atoms with Crippen molar-refractivity contribution in [1.29, 1.82) is 0 Å². The van der Waals surface area contributed by atoms with Gasteiger partial charge in [0, 0.05) is 42.2 Å². The number of carbonyl (C=O) groups is 1. The second kappa shape index (κ2) is 8.12. The van der Waals surface area contributed by atoms with Gasteiger partial charge in [-0.25, -0.2) is 9.97 Å². The Morgan fingerprint density at radius 3 is 2.94 bits per heavy atom. The first-order valence-electron chi connectivity index (χ1n) is 11.1. The standard InChI is InChI=1S/C24H22ClN7O/c25-16-7-21(31-28-10-16)19-9-20(19)24(33)30-22-8-17(5-6-26-22)27-11-18-13-32-12-15(14-1-2-14)3-4-23(32)29-18/h3-8,10,12-14,19-20H,1-2,9,11H2,(H2,26,27,30,33). The average Bonchev–Trinajstić information content (AvgIpc) is 3.74. The van der Waals surface area contributed by atoms with Crippen LogP contribution in [0, 0.1) is 5.92 Å². The molecule has 6 rings (SSSR count). The number of imidazole rings is 1. The smallest absolute Gasteiger partial charge is 0.229 e. The van der Waals surface area contributed by atoms with Gasteiger partial charge in [-0.1, -0.05) is 17.7 Å². The Morgan fingerprint density at radius 2 is 2.09 bits per heavy atom. The van der Waals surface area contributed by atoms with E-state index >= 15 is 0 Å². The van der Waals surface area contributed by atoms with Crippen molar-refractivity contribution in [3.8, 4) is 0 Å². The SMILES string of the molecule is O=C(Nc1cc(NCc2cn3cc(C4CC4)ccc3n2)ccn1)C1CC1c1cc(Cl)cnn1. The van der Waals surface area contributed by atoms with Gasteiger partial charge in [-0.05, 0) is 48.9 Å². The number of halogens is 1. The molecule has 8 nitrogen and oxygen atoms in total. The number of pyridine rings is 2. The van der Waals surface area contributed by atoms with E-state index in [1.54, 1.807) is 12.3 Å². The number of fused-ring (bicyclic) bond motifs is 1. The Bertz CT molecular complexity index is 1350. The van der Waals surface area contributed by atoms with E-state index in [9.17, 15) is 4.79 Å². The van der Waals surface area contributed by atoms with Crippen LogP contribution in [0.5, 0.6) is 0 Å². The van der Waals surface area contributed by atoms with Gasteiger partial charge in [0.05, 0.1) is 29.2 Å². The largest absolute Gasteiger partial charge is 0.379 e. The van der Waals surface area contributed by atoms with E-state index in [2.05, 4.69) is 59.7 Å². The number of anilines is 2. The van der Waals surface area contributed by atoms with Crippen molar-refractivity contribution in [1.82, 2.24) is 24.6 Å². The molecule has 0 saturated heterocycles. The molecule has 4 aromatic heterocycles. The van der Waals surface area contributed by atoms with E-state index in [4.69, 9.17) is 11.6 Å². The lowest BCUT2D eigenvalue weighted by Gasteiger charge is -2.08. The Hall–Kier alpha value is -3.52. The van der Waals surface area contributed by atoms with Gasteiger partial charge in [0.15, 0.2) is 0 Å². The Labute approximate surface area is 195 Å². The zero-order chi connectivity index (χ0) is 22.4. The molecule has 0 radical (unpaired) electrons. The Kier molecular flexibility index (Phi) is 4.95. The van der Waals surface area contributed by atoms with Gasteiger partial charge in [0.1, 0.15) is 11.5 Å². The maximum atomic E-state index is 12.6. The van der Waals surface area contributed by atoms with E-state index in [1.165, 1.54) is 24.6 Å². The van der Waals surface area contributed by atoms with Crippen LogP contribution in [0.4, 0.5) is 11.5 Å². The molecule has 2 atom stereocenters. The van der Waals surface area contributed by atoms with E-state index < -0.39 is 0 Å². The maximum Gasteiger partial charge on any atom is 0.229 e. The minimum absolute atomic E-state index is 0.0491. The second-order valence-corrected chi connectivity index (χ2v) is 9.19. The van der Waals surface area contributed by atoms with E-state index in [-0.39, 0.29) is 17.7 Å². The number of rotatable bonds is 7. The average molecular weight is 460 g/mol. The number of amides is 1. The fourth-order valence-electron chi connectivity index (χ4n) is 4.18. The number of hydrogen-bond acceptors (Lipinski definition) is 6. The van der Waals surface area contributed by atoms with Crippen molar-refractivity contribution in [3.63, 3.8) is 0 Å². The first-order valence-corrected chi connectivity index (χ1v) is 11.5. The normalized spacial score (nSPS) is 19.4. The van der Waals surface area contributed by atoms with Gasteiger partial charge in [0.25, 0.3) is 0 Å². The van der Waals surface area contributed by atoms with E-state index in [0.29, 0.717) is 23.3 Å². The lowest BCUT2D eigenvalue weighted by atomic mass is 10.2. The van der Waals surface area contributed by atoms with Gasteiger partial charge < -0.3 is 15.0 Å². The summed E-state index contributed by atoms with van der Waals surface area (Å²) in [6.07, 6.45) is 10.7. The van der Waals surface area contributed by atoms with E-state index in [0.717, 1.165) is 29.1 Å². The van der Waals surface area contributed by atoms with Gasteiger partial charge in [-0.2, -0.15) is 10.2 Å². The van der Waals surface area contributed by atoms with Crippen LogP contribution in [0.25, 0.3) is 5.65 Å². The summed E-state index contributed by atoms with van der Waals surface area (Å²) in [5, 5.41) is 14.8. The van der Waals surface area contributed by atoms with Crippen LogP contribution in [0.2, 0.25) is 5.02 Å². The molecule has 2 N–H and O–H groups in total. The van der Waals surface area contributed by atoms with Crippen molar-refractivity contribution in [2.75, 3.05) is 10.6 Å². The second-order valence-electron chi connectivity index (χ2n) is 8.75. The van der Waals surface area contributed by atoms with Crippen LogP contribution in [-0.4, -0.2) is 30.5 Å². The fraction of sp³-hybridized carbons (Fsp3) is 0.292. The summed E-state index contributed by atoms with van der Waals surface area (Å²) >= 11 is 5.98. The van der Waals surface area contributed by atoms with Crippen molar-refractivity contribution in [2.24, 2.45) is 5.92 Å². The molecule has 33 heavy (non-hydrogen) atoms. The molecule has 2 aliphatic carbocycles. The van der Waals surface area contributed by atoms with Crippen LogP contribution in [0.1, 0.15) is 48.0 Å². The third kappa shape index (κ3) is 4.39. The number of hydrogen-bond donors (Lipinski definition) is 2. The zero-order valence-corrected chi connectivity index (χ0v) is 18.5. The highest BCUT2D eigenvalue weighted by atomic mass is 35.5. The minimum atomic E-state index is -0.144. The molecule has 4 heterocycles. The number of nitrogens with one attached hydrogen (secondary N) is 2. The molecule has 0 bridgehead atoms. The Balaban J connectivity index is 1.08. The van der Waals surface area contributed by atoms with Gasteiger partial charge in [0.2, 0.25) is 5.91 Å². The molecule has 2 fully saturated rings. The summed E-state index contributed by atoms with van der Waals surface area (Å²) in [4.78, 5) is 21.6. The van der Waals surface area contributed by atoms with Crippen LogP contribution < -0.4 is 10.6 Å². The van der Waals surface area contributed by atoms with Crippen LogP contribution >= 0.6 is 11.6 Å². The summed E-state index contributed by atoms with van der Waals surface area (Å²) in [7, 11) is 0. The summed E-state index contributed by atoms with van der Waals surface area (Å²) in [5.41, 5.74) is 4.90. The van der Waals surface area contributed by atoms with Crippen LogP contribution in [0.15, 0.2) is 55.1 Å². The molecule has 2 unspecified atom stereocenters. The lowest BCUT2D eigenvalue weighted by Crippen LogP contribution is -2.16. The molecule has 0 aliphatic heterocycles. The molecule has 166 valence electrons. The summed E-state index contributed by atoms with van der Waals surface area (Å²) in [6, 6.07) is 9.73. The van der Waals surface area contributed by atoms with Crippen molar-refractivity contribution in [3.05, 3.63) is 77.1 Å². The highest BCUT2D eigenvalue weighted by Crippen LogP contribution is 2.47. The molecule has 0 spiro atoms. The highest BCUT2D eigenvalue weighted by molar-refractivity contribution is 6.30. The molecule has 9 heteroatoms. The van der Waals surface area contributed by atoms with Crippen LogP contribution in [0.3, 0.4) is 0 Å². The van der Waals surface area contributed by atoms with Gasteiger partial charge in [-0.15, -0.1) is 0 Å². The molecule has 2 aliphatic rings. The van der Waals surface area contributed by atoms with Crippen molar-refractivity contribution in [2.45, 2.75) is 37.6 Å². The molecule has 4 aromatic rings. The molecular weight excluding hydrogens is 438 g/mol. The first kappa shape index (κ1) is 20.1. The van der Waals surface area contributed by atoms with Gasteiger partial charge in [-0.3, -0.25) is 4.79 Å². The quantitative estimate of drug-likeness (QED) is 0.425.